The Bertz CT molecular complexity index is 486. The number of nitrogens with zero attached hydrogens (tertiary/aromatic N) is 1. The third-order valence-corrected chi connectivity index (χ3v) is 3.46. The van der Waals surface area contributed by atoms with Crippen molar-refractivity contribution in [3.63, 3.8) is 0 Å². The number of hydrogen-bond donors (Lipinski definition) is 1. The van der Waals surface area contributed by atoms with Gasteiger partial charge in [0.2, 0.25) is 0 Å². The van der Waals surface area contributed by atoms with Crippen molar-refractivity contribution in [1.29, 1.82) is 0 Å². The van der Waals surface area contributed by atoms with Gasteiger partial charge in [-0.1, -0.05) is 32.4 Å². The molecule has 0 amide bonds. The number of aromatic nitrogens is 1. The minimum atomic E-state index is -3.58. The molecule has 0 unspecified atom stereocenters. The van der Waals surface area contributed by atoms with E-state index in [1.54, 1.807) is 13.0 Å². The van der Waals surface area contributed by atoms with Gasteiger partial charge in [-0.3, -0.25) is 0 Å². The lowest BCUT2D eigenvalue weighted by Crippen LogP contribution is -2.32. The summed E-state index contributed by atoms with van der Waals surface area (Å²) in [7, 11) is -3.58. The van der Waals surface area contributed by atoms with E-state index in [-0.39, 0.29) is 15.6 Å². The zero-order valence-electron chi connectivity index (χ0n) is 10.4. The molecule has 0 spiro atoms. The summed E-state index contributed by atoms with van der Waals surface area (Å²) in [5.74, 6) is 0. The third-order valence-electron chi connectivity index (χ3n) is 1.98. The lowest BCUT2D eigenvalue weighted by Gasteiger charge is -2.18. The number of pyridine rings is 1. The normalized spacial score (nSPS) is 12.8. The van der Waals surface area contributed by atoms with E-state index < -0.39 is 10.0 Å². The summed E-state index contributed by atoms with van der Waals surface area (Å²) in [6, 6.07) is 3.11. The number of halogens is 1. The molecule has 1 aromatic heterocycles. The maximum absolute atomic E-state index is 12.0. The Labute approximate surface area is 107 Å². The summed E-state index contributed by atoms with van der Waals surface area (Å²) in [5, 5.41) is 0.146. The molecule has 1 N–H and O–H groups in total. The summed E-state index contributed by atoms with van der Waals surface area (Å²) < 4.78 is 26.4. The SMILES string of the molecule is Cc1cc(Cl)nc(S(=O)(=O)NCC(C)(C)C)c1. The molecule has 0 aliphatic rings. The Morgan fingerprint density at radius 3 is 2.41 bits per heavy atom. The van der Waals surface area contributed by atoms with Crippen LogP contribution in [0.3, 0.4) is 0 Å². The fourth-order valence-electron chi connectivity index (χ4n) is 1.12. The average Bonchev–Trinajstić information content (AvgIpc) is 2.12. The highest BCUT2D eigenvalue weighted by Gasteiger charge is 2.20. The molecule has 0 aromatic carbocycles. The van der Waals surface area contributed by atoms with Gasteiger partial charge in [-0.15, -0.1) is 0 Å². The van der Waals surface area contributed by atoms with Crippen molar-refractivity contribution >= 4 is 21.6 Å². The van der Waals surface area contributed by atoms with Gasteiger partial charge in [-0.05, 0) is 30.0 Å². The van der Waals surface area contributed by atoms with Gasteiger partial charge in [-0.25, -0.2) is 18.1 Å². The molecule has 17 heavy (non-hydrogen) atoms. The van der Waals surface area contributed by atoms with Crippen LogP contribution in [-0.4, -0.2) is 19.9 Å². The first kappa shape index (κ1) is 14.4. The zero-order chi connectivity index (χ0) is 13.3. The lowest BCUT2D eigenvalue weighted by atomic mass is 9.98. The van der Waals surface area contributed by atoms with Gasteiger partial charge in [0.05, 0.1) is 0 Å². The summed E-state index contributed by atoms with van der Waals surface area (Å²) in [6.07, 6.45) is 0. The molecule has 0 saturated heterocycles. The predicted molar refractivity (Wildman–Crippen MR) is 68.6 cm³/mol. The Morgan fingerprint density at radius 2 is 1.94 bits per heavy atom. The standard InChI is InChI=1S/C11H17ClN2O2S/c1-8-5-9(12)14-10(6-8)17(15,16)13-7-11(2,3)4/h5-6,13H,7H2,1-4H3. The number of aryl methyl sites for hydroxylation is 1. The Morgan fingerprint density at radius 1 is 1.35 bits per heavy atom. The van der Waals surface area contributed by atoms with E-state index in [1.165, 1.54) is 6.07 Å². The van der Waals surface area contributed by atoms with Crippen molar-refractivity contribution < 1.29 is 8.42 Å². The fraction of sp³-hybridized carbons (Fsp3) is 0.545. The summed E-state index contributed by atoms with van der Waals surface area (Å²) in [6.45, 7) is 7.98. The van der Waals surface area contributed by atoms with E-state index in [9.17, 15) is 8.42 Å². The lowest BCUT2D eigenvalue weighted by molar-refractivity contribution is 0.407. The highest BCUT2D eigenvalue weighted by Crippen LogP contribution is 2.16. The molecule has 0 aliphatic heterocycles. The van der Waals surface area contributed by atoms with Gasteiger partial charge in [0, 0.05) is 6.54 Å². The van der Waals surface area contributed by atoms with Gasteiger partial charge < -0.3 is 0 Å². The highest BCUT2D eigenvalue weighted by molar-refractivity contribution is 7.89. The molecule has 1 heterocycles. The van der Waals surface area contributed by atoms with Gasteiger partial charge in [-0.2, -0.15) is 0 Å². The smallest absolute Gasteiger partial charge is 0.223 e. The largest absolute Gasteiger partial charge is 0.258 e. The Balaban J connectivity index is 2.98. The topological polar surface area (TPSA) is 59.1 Å². The van der Waals surface area contributed by atoms with E-state index in [0.29, 0.717) is 6.54 Å². The Kier molecular flexibility index (Phi) is 4.17. The number of rotatable bonds is 3. The van der Waals surface area contributed by atoms with Gasteiger partial charge in [0.25, 0.3) is 10.0 Å². The van der Waals surface area contributed by atoms with Crippen LogP contribution in [0.1, 0.15) is 26.3 Å². The van der Waals surface area contributed by atoms with E-state index in [2.05, 4.69) is 9.71 Å². The summed E-state index contributed by atoms with van der Waals surface area (Å²) in [5.41, 5.74) is 0.641. The van der Waals surface area contributed by atoms with Crippen molar-refractivity contribution in [3.8, 4) is 0 Å². The quantitative estimate of drug-likeness (QED) is 0.862. The van der Waals surface area contributed by atoms with Crippen LogP contribution in [0.2, 0.25) is 5.15 Å². The van der Waals surface area contributed by atoms with E-state index in [4.69, 9.17) is 11.6 Å². The van der Waals surface area contributed by atoms with Crippen LogP contribution in [0.15, 0.2) is 17.2 Å². The molecule has 0 aliphatic carbocycles. The van der Waals surface area contributed by atoms with Gasteiger partial charge in [0.15, 0.2) is 5.03 Å². The summed E-state index contributed by atoms with van der Waals surface area (Å²) in [4.78, 5) is 3.82. The Hall–Kier alpha value is -0.650. The molecule has 6 heteroatoms. The molecule has 4 nitrogen and oxygen atoms in total. The summed E-state index contributed by atoms with van der Waals surface area (Å²) >= 11 is 5.74. The molecule has 0 saturated carbocycles. The first-order valence-electron chi connectivity index (χ1n) is 5.24. The first-order chi connectivity index (χ1) is 7.60. The molecule has 96 valence electrons. The van der Waals surface area contributed by atoms with Crippen LogP contribution in [0.4, 0.5) is 0 Å². The minimum Gasteiger partial charge on any atom is -0.223 e. The molecule has 0 fully saturated rings. The minimum absolute atomic E-state index is 0.0354. The second-order valence-corrected chi connectivity index (χ2v) is 7.29. The third kappa shape index (κ3) is 4.61. The fourth-order valence-corrected chi connectivity index (χ4v) is 2.76. The van der Waals surface area contributed by atoms with Crippen LogP contribution in [0, 0.1) is 12.3 Å². The molecular weight excluding hydrogens is 260 g/mol. The van der Waals surface area contributed by atoms with E-state index in [1.807, 2.05) is 20.8 Å². The van der Waals surface area contributed by atoms with Crippen molar-refractivity contribution in [3.05, 3.63) is 22.8 Å². The van der Waals surface area contributed by atoms with Crippen molar-refractivity contribution in [1.82, 2.24) is 9.71 Å². The molecule has 0 radical (unpaired) electrons. The van der Waals surface area contributed by atoms with Crippen molar-refractivity contribution in [2.45, 2.75) is 32.7 Å². The van der Waals surface area contributed by atoms with E-state index in [0.717, 1.165) is 5.56 Å². The van der Waals surface area contributed by atoms with Crippen LogP contribution in [-0.2, 0) is 10.0 Å². The molecule has 1 rings (SSSR count). The second-order valence-electron chi connectivity index (χ2n) is 5.19. The van der Waals surface area contributed by atoms with Gasteiger partial charge in [0.1, 0.15) is 5.15 Å². The first-order valence-corrected chi connectivity index (χ1v) is 7.10. The zero-order valence-corrected chi connectivity index (χ0v) is 12.0. The molecular formula is C11H17ClN2O2S. The number of sulfonamides is 1. The van der Waals surface area contributed by atoms with Crippen LogP contribution in [0.5, 0.6) is 0 Å². The maximum atomic E-state index is 12.0. The maximum Gasteiger partial charge on any atom is 0.258 e. The van der Waals surface area contributed by atoms with Gasteiger partial charge >= 0.3 is 0 Å². The average molecular weight is 277 g/mol. The van der Waals surface area contributed by atoms with Crippen molar-refractivity contribution in [2.75, 3.05) is 6.54 Å². The molecule has 0 bridgehead atoms. The van der Waals surface area contributed by atoms with Crippen LogP contribution in [0.25, 0.3) is 0 Å². The molecule has 1 aromatic rings. The predicted octanol–water partition coefficient (Wildman–Crippen LogP) is 2.37. The van der Waals surface area contributed by atoms with Crippen molar-refractivity contribution in [2.24, 2.45) is 5.41 Å². The second kappa shape index (κ2) is 4.92. The molecule has 0 atom stereocenters. The van der Waals surface area contributed by atoms with Crippen LogP contribution < -0.4 is 4.72 Å². The van der Waals surface area contributed by atoms with Crippen LogP contribution >= 0.6 is 11.6 Å². The van der Waals surface area contributed by atoms with E-state index >= 15 is 0 Å². The number of hydrogen-bond acceptors (Lipinski definition) is 3. The number of nitrogens with one attached hydrogen (secondary N) is 1. The highest BCUT2D eigenvalue weighted by atomic mass is 35.5. The monoisotopic (exact) mass is 276 g/mol.